The number of benzene rings is 3. The van der Waals surface area contributed by atoms with Crippen LogP contribution in [0, 0.1) is 0 Å². The van der Waals surface area contributed by atoms with Gasteiger partial charge >= 0.3 is 0 Å². The number of aryl methyl sites for hydroxylation is 2. The van der Waals surface area contributed by atoms with Crippen molar-refractivity contribution in [3.8, 4) is 0 Å². The molecule has 0 saturated carbocycles. The summed E-state index contributed by atoms with van der Waals surface area (Å²) in [4.78, 5) is 0. The number of hydrogen-bond acceptors (Lipinski definition) is 0. The van der Waals surface area contributed by atoms with Crippen molar-refractivity contribution in [2.45, 2.75) is 25.7 Å². The van der Waals surface area contributed by atoms with Crippen LogP contribution < -0.4 is 0 Å². The van der Waals surface area contributed by atoms with Gasteiger partial charge < -0.3 is 0 Å². The van der Waals surface area contributed by atoms with E-state index in [2.05, 4.69) is 48.5 Å². The third-order valence-corrected chi connectivity index (χ3v) is 4.26. The van der Waals surface area contributed by atoms with E-state index in [9.17, 15) is 0 Å². The van der Waals surface area contributed by atoms with Crippen LogP contribution in [0.4, 0.5) is 0 Å². The normalized spacial score (nSPS) is 14.1. The van der Waals surface area contributed by atoms with E-state index in [1.54, 1.807) is 11.1 Å². The number of rotatable bonds is 0. The molecule has 0 unspecified atom stereocenters. The molecule has 92 valence electrons. The van der Waals surface area contributed by atoms with E-state index in [0.29, 0.717) is 0 Å². The van der Waals surface area contributed by atoms with Crippen LogP contribution in [-0.4, -0.2) is 0 Å². The van der Waals surface area contributed by atoms with E-state index in [4.69, 9.17) is 0 Å². The van der Waals surface area contributed by atoms with Crippen molar-refractivity contribution < 1.29 is 26.2 Å². The van der Waals surface area contributed by atoms with Gasteiger partial charge in [-0.15, -0.1) is 0 Å². The Labute approximate surface area is 132 Å². The molecule has 0 heterocycles. The molecule has 1 aliphatic carbocycles. The Morgan fingerprint density at radius 2 is 1.42 bits per heavy atom. The molecule has 3 aromatic carbocycles. The minimum Gasteiger partial charge on any atom is -0.0616 e. The Balaban J connectivity index is 0.00000110. The summed E-state index contributed by atoms with van der Waals surface area (Å²) in [5, 5.41) is 5.64. The summed E-state index contributed by atoms with van der Waals surface area (Å²) in [5.74, 6) is 0. The van der Waals surface area contributed by atoms with Gasteiger partial charge in [0.05, 0.1) is 0 Å². The average molecular weight is 324 g/mol. The second-order valence-electron chi connectivity index (χ2n) is 5.29. The van der Waals surface area contributed by atoms with Gasteiger partial charge in [0.25, 0.3) is 0 Å². The molecule has 4 rings (SSSR count). The Morgan fingerprint density at radius 3 is 2.37 bits per heavy atom. The fourth-order valence-electron chi connectivity index (χ4n) is 3.34. The van der Waals surface area contributed by atoms with Crippen LogP contribution in [0.2, 0.25) is 0 Å². The summed E-state index contributed by atoms with van der Waals surface area (Å²) < 4.78 is 0. The first-order valence-corrected chi connectivity index (χ1v) is 6.86. The second-order valence-corrected chi connectivity index (χ2v) is 5.29. The molecule has 1 aliphatic rings. The van der Waals surface area contributed by atoms with E-state index in [1.807, 2.05) is 0 Å². The molecule has 19 heavy (non-hydrogen) atoms. The van der Waals surface area contributed by atoms with Crippen molar-refractivity contribution in [3.05, 3.63) is 59.7 Å². The topological polar surface area (TPSA) is 0 Å². The zero-order valence-electron chi connectivity index (χ0n) is 10.9. The van der Waals surface area contributed by atoms with Gasteiger partial charge in [-0.05, 0) is 58.4 Å². The minimum atomic E-state index is 0. The smallest absolute Gasteiger partial charge is 0 e. The van der Waals surface area contributed by atoms with Crippen LogP contribution in [0.15, 0.2) is 48.5 Å². The van der Waals surface area contributed by atoms with E-state index < -0.39 is 0 Å². The Morgan fingerprint density at radius 1 is 0.632 bits per heavy atom. The maximum atomic E-state index is 2.35. The van der Waals surface area contributed by atoms with Crippen LogP contribution in [-0.2, 0) is 39.0 Å². The monoisotopic (exact) mass is 322 g/mol. The van der Waals surface area contributed by atoms with Gasteiger partial charge in [0, 0.05) is 26.2 Å². The first kappa shape index (κ1) is 13.1. The summed E-state index contributed by atoms with van der Waals surface area (Å²) in [6.45, 7) is 0. The number of hydrogen-bond donors (Lipinski definition) is 0. The number of fused-ring (bicyclic) bond motifs is 5. The van der Waals surface area contributed by atoms with Gasteiger partial charge in [0.2, 0.25) is 0 Å². The van der Waals surface area contributed by atoms with E-state index in [0.717, 1.165) is 0 Å². The van der Waals surface area contributed by atoms with Crippen LogP contribution in [0.1, 0.15) is 24.0 Å². The van der Waals surface area contributed by atoms with Crippen LogP contribution in [0.25, 0.3) is 21.5 Å². The SMILES string of the molecule is [Zr].c1ccc2c(c1)ccc1c3c(ccc12)CCCC3. The van der Waals surface area contributed by atoms with Crippen molar-refractivity contribution >= 4 is 21.5 Å². The standard InChI is InChI=1S/C18H16.Zr/c1-3-7-15-13(5-1)9-11-18-16-8-4-2-6-14(16)10-12-17(15)18;/h1,3,5,7,9-12H,2,4,6,8H2;. The predicted octanol–water partition coefficient (Wildman–Crippen LogP) is 4.87. The first-order chi connectivity index (χ1) is 8.93. The molecule has 0 N–H and O–H groups in total. The molecule has 0 spiro atoms. The fraction of sp³-hybridized carbons (Fsp3) is 0.222. The molecule has 0 amide bonds. The Bertz CT molecular complexity index is 743. The molecular weight excluding hydrogens is 307 g/mol. The summed E-state index contributed by atoms with van der Waals surface area (Å²) >= 11 is 0. The summed E-state index contributed by atoms with van der Waals surface area (Å²) in [5.41, 5.74) is 3.17. The molecule has 0 bridgehead atoms. The van der Waals surface area contributed by atoms with E-state index in [-0.39, 0.29) is 26.2 Å². The van der Waals surface area contributed by atoms with Crippen molar-refractivity contribution in [2.75, 3.05) is 0 Å². The molecule has 0 aromatic heterocycles. The third-order valence-electron chi connectivity index (χ3n) is 4.26. The van der Waals surface area contributed by atoms with Gasteiger partial charge in [-0.3, -0.25) is 0 Å². The van der Waals surface area contributed by atoms with Gasteiger partial charge in [-0.2, -0.15) is 0 Å². The van der Waals surface area contributed by atoms with Crippen molar-refractivity contribution in [3.63, 3.8) is 0 Å². The second kappa shape index (κ2) is 5.21. The zero-order chi connectivity index (χ0) is 11.9. The minimum absolute atomic E-state index is 0. The fourth-order valence-corrected chi connectivity index (χ4v) is 3.34. The van der Waals surface area contributed by atoms with Gasteiger partial charge in [-0.1, -0.05) is 48.5 Å². The molecule has 0 aliphatic heterocycles. The van der Waals surface area contributed by atoms with Gasteiger partial charge in [0.15, 0.2) is 0 Å². The zero-order valence-corrected chi connectivity index (χ0v) is 13.4. The maximum absolute atomic E-state index is 2.35. The molecule has 3 aromatic rings. The van der Waals surface area contributed by atoms with Crippen LogP contribution in [0.3, 0.4) is 0 Å². The Hall–Kier alpha value is -0.937. The molecular formula is C18H16Zr. The van der Waals surface area contributed by atoms with Gasteiger partial charge in [-0.25, -0.2) is 0 Å². The quantitative estimate of drug-likeness (QED) is 0.518. The molecule has 0 radical (unpaired) electrons. The molecule has 0 fully saturated rings. The van der Waals surface area contributed by atoms with E-state index >= 15 is 0 Å². The van der Waals surface area contributed by atoms with Crippen molar-refractivity contribution in [1.29, 1.82) is 0 Å². The molecule has 0 nitrogen and oxygen atoms in total. The predicted molar refractivity (Wildman–Crippen MR) is 78.1 cm³/mol. The molecule has 0 atom stereocenters. The first-order valence-electron chi connectivity index (χ1n) is 6.86. The van der Waals surface area contributed by atoms with E-state index in [1.165, 1.54) is 47.2 Å². The summed E-state index contributed by atoms with van der Waals surface area (Å²) in [7, 11) is 0. The largest absolute Gasteiger partial charge is 0.0616 e. The average Bonchev–Trinajstić information content (AvgIpc) is 2.46. The van der Waals surface area contributed by atoms with Crippen molar-refractivity contribution in [1.82, 2.24) is 0 Å². The summed E-state index contributed by atoms with van der Waals surface area (Å²) in [6, 6.07) is 18.0. The van der Waals surface area contributed by atoms with Gasteiger partial charge in [0.1, 0.15) is 0 Å². The van der Waals surface area contributed by atoms with Crippen LogP contribution >= 0.6 is 0 Å². The summed E-state index contributed by atoms with van der Waals surface area (Å²) in [6.07, 6.45) is 5.22. The Kier molecular flexibility index (Phi) is 3.58. The maximum Gasteiger partial charge on any atom is 0 e. The molecule has 1 heteroatoms. The van der Waals surface area contributed by atoms with Crippen molar-refractivity contribution in [2.24, 2.45) is 0 Å². The third kappa shape index (κ3) is 2.09. The molecule has 0 saturated heterocycles. The van der Waals surface area contributed by atoms with Crippen LogP contribution in [0.5, 0.6) is 0 Å².